The van der Waals surface area contributed by atoms with Crippen molar-refractivity contribution >= 4 is 46.7 Å². The maximum atomic E-state index is 12.1. The molecule has 134 valence electrons. The van der Waals surface area contributed by atoms with Crippen LogP contribution in [0.4, 0.5) is 5.69 Å². The molecule has 1 amide bonds. The average Bonchev–Trinajstić information content (AvgIpc) is 3.11. The molecule has 0 atom stereocenters. The molecule has 1 N–H and O–H groups in total. The van der Waals surface area contributed by atoms with Gasteiger partial charge in [-0.25, -0.2) is 0 Å². The quantitative estimate of drug-likeness (QED) is 0.542. The lowest BCUT2D eigenvalue weighted by molar-refractivity contribution is -0.115. The Morgan fingerprint density at radius 2 is 1.92 bits per heavy atom. The van der Waals surface area contributed by atoms with E-state index in [1.807, 2.05) is 42.7 Å². The van der Waals surface area contributed by atoms with Gasteiger partial charge in [0.05, 0.1) is 5.69 Å². The van der Waals surface area contributed by atoms with Crippen molar-refractivity contribution in [2.45, 2.75) is 16.5 Å². The molecule has 1 heterocycles. The van der Waals surface area contributed by atoms with Crippen molar-refractivity contribution in [2.75, 3.05) is 17.3 Å². The number of aromatic nitrogens is 2. The number of thioether (sulfide) groups is 2. The minimum absolute atomic E-state index is 0.0450. The van der Waals surface area contributed by atoms with Gasteiger partial charge in [-0.2, -0.15) is 0 Å². The first-order valence-electron chi connectivity index (χ1n) is 7.81. The summed E-state index contributed by atoms with van der Waals surface area (Å²) in [6.45, 7) is 0. The number of anilines is 1. The van der Waals surface area contributed by atoms with Crippen LogP contribution in [0.1, 0.15) is 6.42 Å². The minimum atomic E-state index is -0.0450. The van der Waals surface area contributed by atoms with Gasteiger partial charge in [0.1, 0.15) is 0 Å². The first-order chi connectivity index (χ1) is 12.7. The van der Waals surface area contributed by atoms with E-state index in [1.54, 1.807) is 23.9 Å². The van der Waals surface area contributed by atoms with Crippen LogP contribution < -0.4 is 5.32 Å². The van der Waals surface area contributed by atoms with Gasteiger partial charge in [0.15, 0.2) is 0 Å². The lowest BCUT2D eigenvalue weighted by Crippen LogP contribution is -2.12. The second kappa shape index (κ2) is 9.12. The molecule has 0 unspecified atom stereocenters. The molecule has 0 saturated carbocycles. The van der Waals surface area contributed by atoms with Gasteiger partial charge in [0.25, 0.3) is 5.22 Å². The summed E-state index contributed by atoms with van der Waals surface area (Å²) < 4.78 is 5.61. The van der Waals surface area contributed by atoms with Crippen LogP contribution in [0.3, 0.4) is 0 Å². The summed E-state index contributed by atoms with van der Waals surface area (Å²) in [5.41, 5.74) is 1.64. The molecule has 0 aliphatic carbocycles. The highest BCUT2D eigenvalue weighted by atomic mass is 35.5. The van der Waals surface area contributed by atoms with E-state index in [1.165, 1.54) is 11.8 Å². The highest BCUT2D eigenvalue weighted by molar-refractivity contribution is 7.99. The summed E-state index contributed by atoms with van der Waals surface area (Å²) in [4.78, 5) is 13.2. The van der Waals surface area contributed by atoms with Gasteiger partial charge in [-0.15, -0.1) is 22.0 Å². The van der Waals surface area contributed by atoms with Crippen LogP contribution >= 0.6 is 35.1 Å². The number of amides is 1. The molecular weight excluding hydrogens is 390 g/mol. The third kappa shape index (κ3) is 5.03. The number of nitrogens with zero attached hydrogens (tertiary/aromatic N) is 2. The molecular formula is C18H16ClN3O2S2. The Morgan fingerprint density at radius 1 is 1.15 bits per heavy atom. The van der Waals surface area contributed by atoms with E-state index >= 15 is 0 Å². The Morgan fingerprint density at radius 3 is 2.69 bits per heavy atom. The van der Waals surface area contributed by atoms with Crippen LogP contribution in [0.15, 0.2) is 63.1 Å². The Hall–Kier alpha value is -1.96. The van der Waals surface area contributed by atoms with Gasteiger partial charge in [0.2, 0.25) is 11.8 Å². The van der Waals surface area contributed by atoms with E-state index in [4.69, 9.17) is 16.0 Å². The topological polar surface area (TPSA) is 68.0 Å². The highest BCUT2D eigenvalue weighted by Gasteiger charge is 2.11. The van der Waals surface area contributed by atoms with E-state index in [-0.39, 0.29) is 5.91 Å². The number of hydrogen-bond donors (Lipinski definition) is 1. The standard InChI is InChI=1S/C18H16ClN3O2S2/c1-25-15-5-3-2-4-14(15)20-16(23)10-11-26-18-22-21-17(24-18)12-6-8-13(19)9-7-12/h2-9H,10-11H2,1H3,(H,20,23). The monoisotopic (exact) mass is 405 g/mol. The molecule has 3 aromatic rings. The van der Waals surface area contributed by atoms with E-state index in [2.05, 4.69) is 15.5 Å². The number of rotatable bonds is 7. The van der Waals surface area contributed by atoms with Crippen molar-refractivity contribution in [1.82, 2.24) is 10.2 Å². The Labute approximate surface area is 164 Å². The van der Waals surface area contributed by atoms with Crippen molar-refractivity contribution in [2.24, 2.45) is 0 Å². The molecule has 5 nitrogen and oxygen atoms in total. The summed E-state index contributed by atoms with van der Waals surface area (Å²) in [5.74, 6) is 0.939. The second-order valence-electron chi connectivity index (χ2n) is 5.23. The molecule has 3 rings (SSSR count). The predicted octanol–water partition coefficient (Wildman–Crippen LogP) is 5.23. The summed E-state index contributed by atoms with van der Waals surface area (Å²) in [6.07, 6.45) is 2.33. The number of nitrogens with one attached hydrogen (secondary N) is 1. The number of hydrogen-bond acceptors (Lipinski definition) is 6. The Bertz CT molecular complexity index is 884. The smallest absolute Gasteiger partial charge is 0.276 e. The molecule has 0 bridgehead atoms. The fourth-order valence-electron chi connectivity index (χ4n) is 2.17. The largest absolute Gasteiger partial charge is 0.411 e. The minimum Gasteiger partial charge on any atom is -0.411 e. The lowest BCUT2D eigenvalue weighted by Gasteiger charge is -2.08. The van der Waals surface area contributed by atoms with Crippen LogP contribution in [-0.2, 0) is 4.79 Å². The SMILES string of the molecule is CSc1ccccc1NC(=O)CCSc1nnc(-c2ccc(Cl)cc2)o1. The predicted molar refractivity (Wildman–Crippen MR) is 107 cm³/mol. The number of halogens is 1. The zero-order chi connectivity index (χ0) is 18.4. The van der Waals surface area contributed by atoms with Crippen molar-refractivity contribution in [3.8, 4) is 11.5 Å². The third-order valence-corrected chi connectivity index (χ3v) is 5.30. The molecule has 0 aliphatic rings. The van der Waals surface area contributed by atoms with Crippen molar-refractivity contribution in [3.63, 3.8) is 0 Å². The van der Waals surface area contributed by atoms with Crippen LogP contribution in [0, 0.1) is 0 Å². The van der Waals surface area contributed by atoms with E-state index in [0.29, 0.717) is 28.3 Å². The van der Waals surface area contributed by atoms with Gasteiger partial charge in [-0.05, 0) is 42.7 Å². The van der Waals surface area contributed by atoms with Crippen molar-refractivity contribution in [3.05, 3.63) is 53.6 Å². The first-order valence-corrected chi connectivity index (χ1v) is 10.4. The second-order valence-corrected chi connectivity index (χ2v) is 7.56. The summed E-state index contributed by atoms with van der Waals surface area (Å²) >= 11 is 8.82. The molecule has 1 aromatic heterocycles. The number of para-hydroxylation sites is 1. The molecule has 0 aliphatic heterocycles. The van der Waals surface area contributed by atoms with Gasteiger partial charge in [0, 0.05) is 27.7 Å². The zero-order valence-corrected chi connectivity index (χ0v) is 16.3. The molecule has 8 heteroatoms. The molecule has 0 radical (unpaired) electrons. The molecule has 26 heavy (non-hydrogen) atoms. The van der Waals surface area contributed by atoms with E-state index in [0.717, 1.165) is 16.1 Å². The fraction of sp³-hybridized carbons (Fsp3) is 0.167. The lowest BCUT2D eigenvalue weighted by atomic mass is 10.2. The number of carbonyl (C=O) groups is 1. The maximum Gasteiger partial charge on any atom is 0.276 e. The average molecular weight is 406 g/mol. The van der Waals surface area contributed by atoms with Gasteiger partial charge < -0.3 is 9.73 Å². The van der Waals surface area contributed by atoms with Gasteiger partial charge >= 0.3 is 0 Å². The molecule has 0 fully saturated rings. The first kappa shape index (κ1) is 18.8. The Balaban J connectivity index is 1.50. The normalized spacial score (nSPS) is 10.7. The van der Waals surface area contributed by atoms with Crippen molar-refractivity contribution < 1.29 is 9.21 Å². The molecule has 0 spiro atoms. The van der Waals surface area contributed by atoms with Crippen LogP contribution in [0.5, 0.6) is 0 Å². The van der Waals surface area contributed by atoms with Crippen LogP contribution in [-0.4, -0.2) is 28.1 Å². The van der Waals surface area contributed by atoms with E-state index in [9.17, 15) is 4.79 Å². The molecule has 2 aromatic carbocycles. The highest BCUT2D eigenvalue weighted by Crippen LogP contribution is 2.26. The number of carbonyl (C=O) groups excluding carboxylic acids is 1. The Kier molecular flexibility index (Phi) is 6.60. The summed E-state index contributed by atoms with van der Waals surface area (Å²) in [7, 11) is 0. The van der Waals surface area contributed by atoms with Gasteiger partial charge in [-0.1, -0.05) is 35.5 Å². The maximum absolute atomic E-state index is 12.1. The summed E-state index contributed by atoms with van der Waals surface area (Å²) in [5, 5.41) is 12.0. The molecule has 0 saturated heterocycles. The zero-order valence-electron chi connectivity index (χ0n) is 13.9. The van der Waals surface area contributed by atoms with Gasteiger partial charge in [-0.3, -0.25) is 4.79 Å². The third-order valence-electron chi connectivity index (χ3n) is 3.43. The van der Waals surface area contributed by atoms with E-state index < -0.39 is 0 Å². The van der Waals surface area contributed by atoms with Crippen LogP contribution in [0.25, 0.3) is 11.5 Å². The fourth-order valence-corrected chi connectivity index (χ4v) is 3.55. The van der Waals surface area contributed by atoms with Crippen LogP contribution in [0.2, 0.25) is 5.02 Å². The number of benzene rings is 2. The summed E-state index contributed by atoms with van der Waals surface area (Å²) in [6, 6.07) is 14.9. The van der Waals surface area contributed by atoms with Crippen molar-refractivity contribution in [1.29, 1.82) is 0 Å².